The van der Waals surface area contributed by atoms with Crippen molar-refractivity contribution in [1.82, 2.24) is 5.32 Å². The van der Waals surface area contributed by atoms with Crippen molar-refractivity contribution in [3.63, 3.8) is 0 Å². The van der Waals surface area contributed by atoms with Crippen LogP contribution in [-0.2, 0) is 4.79 Å². The summed E-state index contributed by atoms with van der Waals surface area (Å²) in [4.78, 5) is 11.5. The Labute approximate surface area is 97.6 Å². The predicted octanol–water partition coefficient (Wildman–Crippen LogP) is 1.59. The van der Waals surface area contributed by atoms with Crippen LogP contribution in [0.5, 0.6) is 0 Å². The number of halogens is 1. The highest BCUT2D eigenvalue weighted by molar-refractivity contribution is 5.85. The lowest BCUT2D eigenvalue weighted by molar-refractivity contribution is -0.122. The molecule has 0 saturated heterocycles. The van der Waals surface area contributed by atoms with Crippen LogP contribution >= 0.6 is 12.4 Å². The van der Waals surface area contributed by atoms with Gasteiger partial charge in [0.05, 0.1) is 0 Å². The first-order chi connectivity index (χ1) is 6.74. The van der Waals surface area contributed by atoms with Gasteiger partial charge in [0.25, 0.3) is 0 Å². The summed E-state index contributed by atoms with van der Waals surface area (Å²) in [6.07, 6.45) is 7.56. The molecule has 0 aromatic carbocycles. The Morgan fingerprint density at radius 2 is 1.73 bits per heavy atom. The van der Waals surface area contributed by atoms with E-state index in [1.165, 1.54) is 12.8 Å². The molecule has 1 amide bonds. The minimum atomic E-state index is 0. The molecule has 2 saturated carbocycles. The SMILES string of the molecule is Cl.NC1CCC(CC(=O)NC2CC2)CC1. The number of amides is 1. The molecule has 2 aliphatic carbocycles. The van der Waals surface area contributed by atoms with Gasteiger partial charge in [-0.2, -0.15) is 0 Å². The van der Waals surface area contributed by atoms with Crippen LogP contribution in [0.1, 0.15) is 44.9 Å². The monoisotopic (exact) mass is 232 g/mol. The Hall–Kier alpha value is -0.280. The van der Waals surface area contributed by atoms with Crippen molar-refractivity contribution in [3.8, 4) is 0 Å². The summed E-state index contributed by atoms with van der Waals surface area (Å²) in [6, 6.07) is 0.895. The topological polar surface area (TPSA) is 55.1 Å². The van der Waals surface area contributed by atoms with E-state index in [0.29, 0.717) is 18.0 Å². The summed E-state index contributed by atoms with van der Waals surface area (Å²) in [5.41, 5.74) is 5.82. The van der Waals surface area contributed by atoms with Crippen molar-refractivity contribution in [2.24, 2.45) is 11.7 Å². The third-order valence-corrected chi connectivity index (χ3v) is 3.31. The van der Waals surface area contributed by atoms with Gasteiger partial charge in [-0.25, -0.2) is 0 Å². The van der Waals surface area contributed by atoms with Gasteiger partial charge in [-0.05, 0) is 44.4 Å². The molecule has 2 fully saturated rings. The minimum Gasteiger partial charge on any atom is -0.353 e. The lowest BCUT2D eigenvalue weighted by Gasteiger charge is -2.25. The third kappa shape index (κ3) is 4.39. The molecule has 0 bridgehead atoms. The number of nitrogens with two attached hydrogens (primary N) is 1. The molecule has 2 aliphatic rings. The van der Waals surface area contributed by atoms with Crippen LogP contribution in [0.4, 0.5) is 0 Å². The Morgan fingerprint density at radius 1 is 1.13 bits per heavy atom. The fraction of sp³-hybridized carbons (Fsp3) is 0.909. The standard InChI is InChI=1S/C11H20N2O.ClH/c12-9-3-1-8(2-4-9)7-11(14)13-10-5-6-10;/h8-10H,1-7,12H2,(H,13,14);1H. The van der Waals surface area contributed by atoms with Crippen LogP contribution < -0.4 is 11.1 Å². The second-order valence-electron chi connectivity index (χ2n) is 4.83. The predicted molar refractivity (Wildman–Crippen MR) is 63.0 cm³/mol. The number of hydrogen-bond donors (Lipinski definition) is 2. The third-order valence-electron chi connectivity index (χ3n) is 3.31. The van der Waals surface area contributed by atoms with Crippen molar-refractivity contribution >= 4 is 18.3 Å². The molecule has 3 N–H and O–H groups in total. The minimum absolute atomic E-state index is 0. The van der Waals surface area contributed by atoms with Crippen LogP contribution in [-0.4, -0.2) is 18.0 Å². The van der Waals surface area contributed by atoms with E-state index >= 15 is 0 Å². The number of rotatable bonds is 3. The maximum atomic E-state index is 11.5. The molecule has 0 radical (unpaired) electrons. The van der Waals surface area contributed by atoms with Gasteiger partial charge in [0.15, 0.2) is 0 Å². The van der Waals surface area contributed by atoms with Crippen LogP contribution in [0.2, 0.25) is 0 Å². The van der Waals surface area contributed by atoms with E-state index in [1.807, 2.05) is 0 Å². The molecular weight excluding hydrogens is 212 g/mol. The average Bonchev–Trinajstić information content (AvgIpc) is 2.93. The van der Waals surface area contributed by atoms with E-state index in [0.717, 1.165) is 32.1 Å². The van der Waals surface area contributed by atoms with Gasteiger partial charge in [0.1, 0.15) is 0 Å². The molecule has 88 valence electrons. The largest absolute Gasteiger partial charge is 0.353 e. The zero-order chi connectivity index (χ0) is 9.97. The second kappa shape index (κ2) is 5.71. The normalized spacial score (nSPS) is 30.5. The molecule has 0 aromatic rings. The molecule has 0 heterocycles. The summed E-state index contributed by atoms with van der Waals surface area (Å²) in [5, 5.41) is 3.04. The first kappa shape index (κ1) is 12.8. The van der Waals surface area contributed by atoms with Crippen LogP contribution in [0.15, 0.2) is 0 Å². The quantitative estimate of drug-likeness (QED) is 0.777. The highest BCUT2D eigenvalue weighted by atomic mass is 35.5. The Bertz CT molecular complexity index is 211. The van der Waals surface area contributed by atoms with Gasteiger partial charge < -0.3 is 11.1 Å². The van der Waals surface area contributed by atoms with E-state index < -0.39 is 0 Å². The number of hydrogen-bond acceptors (Lipinski definition) is 2. The van der Waals surface area contributed by atoms with Crippen molar-refractivity contribution in [3.05, 3.63) is 0 Å². The maximum absolute atomic E-state index is 11.5. The zero-order valence-corrected chi connectivity index (χ0v) is 9.89. The van der Waals surface area contributed by atoms with E-state index in [4.69, 9.17) is 5.73 Å². The molecule has 4 heteroatoms. The molecule has 0 aliphatic heterocycles. The van der Waals surface area contributed by atoms with Gasteiger partial charge in [-0.3, -0.25) is 4.79 Å². The van der Waals surface area contributed by atoms with Crippen molar-refractivity contribution < 1.29 is 4.79 Å². The van der Waals surface area contributed by atoms with Crippen molar-refractivity contribution in [1.29, 1.82) is 0 Å². The fourth-order valence-corrected chi connectivity index (χ4v) is 2.17. The molecule has 0 spiro atoms. The molecule has 0 atom stereocenters. The van der Waals surface area contributed by atoms with Crippen LogP contribution in [0.3, 0.4) is 0 Å². The average molecular weight is 233 g/mol. The number of carbonyl (C=O) groups is 1. The van der Waals surface area contributed by atoms with Gasteiger partial charge in [0, 0.05) is 18.5 Å². The van der Waals surface area contributed by atoms with Crippen molar-refractivity contribution in [2.75, 3.05) is 0 Å². The zero-order valence-electron chi connectivity index (χ0n) is 9.08. The molecule has 0 aromatic heterocycles. The summed E-state index contributed by atoms with van der Waals surface area (Å²) < 4.78 is 0. The smallest absolute Gasteiger partial charge is 0.220 e. The van der Waals surface area contributed by atoms with Gasteiger partial charge in [-0.1, -0.05) is 0 Å². The first-order valence-corrected chi connectivity index (χ1v) is 5.79. The maximum Gasteiger partial charge on any atom is 0.220 e. The number of nitrogens with one attached hydrogen (secondary N) is 1. The number of carbonyl (C=O) groups excluding carboxylic acids is 1. The van der Waals surface area contributed by atoms with Gasteiger partial charge in [0.2, 0.25) is 5.91 Å². The summed E-state index contributed by atoms with van der Waals surface area (Å²) in [7, 11) is 0. The molecule has 0 unspecified atom stereocenters. The highest BCUT2D eigenvalue weighted by Gasteiger charge is 2.26. The van der Waals surface area contributed by atoms with E-state index in [1.54, 1.807) is 0 Å². The lowest BCUT2D eigenvalue weighted by Crippen LogP contribution is -2.31. The first-order valence-electron chi connectivity index (χ1n) is 5.79. The van der Waals surface area contributed by atoms with Gasteiger partial charge in [-0.15, -0.1) is 12.4 Å². The molecular formula is C11H21ClN2O. The van der Waals surface area contributed by atoms with E-state index in [-0.39, 0.29) is 18.3 Å². The molecule has 3 nitrogen and oxygen atoms in total. The summed E-state index contributed by atoms with van der Waals surface area (Å²) >= 11 is 0. The molecule has 2 rings (SSSR count). The highest BCUT2D eigenvalue weighted by Crippen LogP contribution is 2.26. The van der Waals surface area contributed by atoms with Crippen LogP contribution in [0.25, 0.3) is 0 Å². The Kier molecular flexibility index (Phi) is 4.87. The summed E-state index contributed by atoms with van der Waals surface area (Å²) in [5.74, 6) is 0.849. The fourth-order valence-electron chi connectivity index (χ4n) is 2.17. The second-order valence-corrected chi connectivity index (χ2v) is 4.83. The van der Waals surface area contributed by atoms with Crippen molar-refractivity contribution in [2.45, 2.75) is 57.0 Å². The lowest BCUT2D eigenvalue weighted by atomic mass is 9.84. The van der Waals surface area contributed by atoms with E-state index in [9.17, 15) is 4.79 Å². The van der Waals surface area contributed by atoms with E-state index in [2.05, 4.69) is 5.32 Å². The van der Waals surface area contributed by atoms with Crippen LogP contribution in [0, 0.1) is 5.92 Å². The molecule has 15 heavy (non-hydrogen) atoms. The Morgan fingerprint density at radius 3 is 2.27 bits per heavy atom. The Balaban J connectivity index is 0.00000112. The summed E-state index contributed by atoms with van der Waals surface area (Å²) in [6.45, 7) is 0. The van der Waals surface area contributed by atoms with Gasteiger partial charge >= 0.3 is 0 Å².